The van der Waals surface area contributed by atoms with Gasteiger partial charge in [0.1, 0.15) is 0 Å². The van der Waals surface area contributed by atoms with E-state index >= 15 is 0 Å². The number of thioether (sulfide) groups is 1. The van der Waals surface area contributed by atoms with E-state index in [-0.39, 0.29) is 6.79 Å². The Bertz CT molecular complexity index is 897. The van der Waals surface area contributed by atoms with E-state index in [4.69, 9.17) is 9.47 Å². The second-order valence-corrected chi connectivity index (χ2v) is 6.84. The first kappa shape index (κ1) is 15.6. The van der Waals surface area contributed by atoms with Crippen molar-refractivity contribution in [3.63, 3.8) is 0 Å². The fourth-order valence-electron chi connectivity index (χ4n) is 2.26. The summed E-state index contributed by atoms with van der Waals surface area (Å²) in [5, 5.41) is 11.8. The van der Waals surface area contributed by atoms with Gasteiger partial charge in [0.25, 0.3) is 6.43 Å². The molecule has 2 aliphatic heterocycles. The van der Waals surface area contributed by atoms with Gasteiger partial charge < -0.3 is 9.47 Å². The molecule has 124 valence electrons. The molecule has 0 saturated carbocycles. The lowest BCUT2D eigenvalue weighted by Crippen LogP contribution is -2.09. The van der Waals surface area contributed by atoms with Crippen molar-refractivity contribution in [3.8, 4) is 11.5 Å². The number of alkyl halides is 2. The molecule has 2 aromatic rings. The van der Waals surface area contributed by atoms with E-state index in [1.807, 2.05) is 18.2 Å². The molecule has 0 spiro atoms. The second-order valence-electron chi connectivity index (χ2n) is 4.98. The lowest BCUT2D eigenvalue weighted by molar-refractivity contribution is 0.135. The predicted octanol–water partition coefficient (Wildman–Crippen LogP) is 4.08. The van der Waals surface area contributed by atoms with Crippen molar-refractivity contribution in [2.75, 3.05) is 6.79 Å². The van der Waals surface area contributed by atoms with E-state index in [0.717, 1.165) is 19.6 Å². The first-order chi connectivity index (χ1) is 11.5. The number of nitrogens with zero attached hydrogens (tertiary/aromatic N) is 4. The zero-order chi connectivity index (χ0) is 16.8. The Morgan fingerprint density at radius 1 is 1.29 bits per heavy atom. The van der Waals surface area contributed by atoms with Crippen LogP contribution in [0, 0.1) is 0 Å². The van der Waals surface area contributed by atoms with Crippen LogP contribution < -0.4 is 9.47 Å². The first-order valence-corrected chi connectivity index (χ1v) is 8.42. The minimum absolute atomic E-state index is 0.191. The van der Waals surface area contributed by atoms with Crippen LogP contribution in [0.4, 0.5) is 8.78 Å². The van der Waals surface area contributed by atoms with E-state index in [9.17, 15) is 8.78 Å². The summed E-state index contributed by atoms with van der Waals surface area (Å²) in [6, 6.07) is 3.67. The number of benzene rings is 1. The van der Waals surface area contributed by atoms with Gasteiger partial charge in [0.15, 0.2) is 11.5 Å². The summed E-state index contributed by atoms with van der Waals surface area (Å²) in [7, 11) is 0. The van der Waals surface area contributed by atoms with Crippen molar-refractivity contribution in [1.29, 1.82) is 0 Å². The van der Waals surface area contributed by atoms with Crippen molar-refractivity contribution in [2.24, 2.45) is 5.10 Å². The number of rotatable bonds is 2. The van der Waals surface area contributed by atoms with E-state index < -0.39 is 12.2 Å². The molecule has 0 N–H and O–H groups in total. The van der Waals surface area contributed by atoms with Gasteiger partial charge in [-0.25, -0.2) is 8.78 Å². The minimum Gasteiger partial charge on any atom is -0.454 e. The number of aromatic nitrogens is 3. The number of allylic oxidation sites excluding steroid dienone is 1. The van der Waals surface area contributed by atoms with Crippen molar-refractivity contribution >= 4 is 39.5 Å². The number of hydrogen-bond acceptors (Lipinski definition) is 6. The molecule has 0 unspecified atom stereocenters. The van der Waals surface area contributed by atoms with Gasteiger partial charge in [-0.15, -0.1) is 10.2 Å². The molecule has 1 aromatic heterocycles. The van der Waals surface area contributed by atoms with Crippen molar-refractivity contribution in [1.82, 2.24) is 14.9 Å². The molecule has 4 rings (SSSR count). The molecular formula is C14H9BrF2N4O2S. The molecule has 0 saturated heterocycles. The molecule has 0 atom stereocenters. The van der Waals surface area contributed by atoms with Gasteiger partial charge >= 0.3 is 0 Å². The van der Waals surface area contributed by atoms with E-state index in [0.29, 0.717) is 22.4 Å². The fraction of sp³-hybridized carbons (Fsp3) is 0.214. The smallest absolute Gasteiger partial charge is 0.299 e. The molecule has 0 amide bonds. The molecular weight excluding hydrogens is 406 g/mol. The topological polar surface area (TPSA) is 61.5 Å². The van der Waals surface area contributed by atoms with Crippen LogP contribution in [0.2, 0.25) is 0 Å². The maximum Gasteiger partial charge on any atom is 0.299 e. The average molecular weight is 415 g/mol. The van der Waals surface area contributed by atoms with Gasteiger partial charge in [-0.2, -0.15) is 9.78 Å². The number of ether oxygens (including phenoxy) is 2. The standard InChI is InChI=1S/C14H9BrF2N4O2S/c1-6-11(24-14-19-18-13(12(16)17)21(14)20-6)3-7-2-9-10(4-8(7)15)23-5-22-9/h2-4,12H,5H2,1H3. The van der Waals surface area contributed by atoms with Crippen LogP contribution in [0.25, 0.3) is 6.08 Å². The highest BCUT2D eigenvalue weighted by atomic mass is 79.9. The highest BCUT2D eigenvalue weighted by Crippen LogP contribution is 2.40. The van der Waals surface area contributed by atoms with Crippen molar-refractivity contribution in [2.45, 2.75) is 18.5 Å². The van der Waals surface area contributed by atoms with E-state index in [2.05, 4.69) is 31.2 Å². The van der Waals surface area contributed by atoms with Crippen molar-refractivity contribution in [3.05, 3.63) is 32.9 Å². The van der Waals surface area contributed by atoms with Crippen LogP contribution >= 0.6 is 27.7 Å². The third-order valence-electron chi connectivity index (χ3n) is 3.42. The zero-order valence-corrected chi connectivity index (χ0v) is 14.6. The van der Waals surface area contributed by atoms with Crippen LogP contribution in [0.5, 0.6) is 11.5 Å². The Hall–Kier alpha value is -1.94. The third-order valence-corrected chi connectivity index (χ3v) is 5.17. The maximum absolute atomic E-state index is 12.9. The van der Waals surface area contributed by atoms with Crippen LogP contribution in [0.3, 0.4) is 0 Å². The highest BCUT2D eigenvalue weighted by Gasteiger charge is 2.26. The molecule has 0 bridgehead atoms. The Morgan fingerprint density at radius 2 is 2.04 bits per heavy atom. The highest BCUT2D eigenvalue weighted by molar-refractivity contribution is 9.10. The van der Waals surface area contributed by atoms with E-state index in [1.54, 1.807) is 6.92 Å². The molecule has 24 heavy (non-hydrogen) atoms. The summed E-state index contributed by atoms with van der Waals surface area (Å²) in [5.74, 6) is 0.871. The molecule has 3 heterocycles. The summed E-state index contributed by atoms with van der Waals surface area (Å²) in [5.41, 5.74) is 1.46. The SMILES string of the molecule is CC1=Nn2c(nnc2C(F)F)SC1=Cc1cc2c(cc1Br)OCO2. The predicted molar refractivity (Wildman–Crippen MR) is 87.6 cm³/mol. The Balaban J connectivity index is 1.73. The second kappa shape index (κ2) is 5.85. The van der Waals surface area contributed by atoms with Gasteiger partial charge in [0, 0.05) is 9.38 Å². The quantitative estimate of drug-likeness (QED) is 0.740. The molecule has 0 fully saturated rings. The minimum atomic E-state index is -2.73. The molecule has 1 aromatic carbocycles. The van der Waals surface area contributed by atoms with Crippen LogP contribution in [-0.4, -0.2) is 27.4 Å². The molecule has 6 nitrogen and oxygen atoms in total. The van der Waals surface area contributed by atoms with Gasteiger partial charge in [0.05, 0.1) is 5.71 Å². The van der Waals surface area contributed by atoms with Gasteiger partial charge in [-0.3, -0.25) is 0 Å². The first-order valence-electron chi connectivity index (χ1n) is 6.81. The lowest BCUT2D eigenvalue weighted by atomic mass is 10.1. The van der Waals surface area contributed by atoms with E-state index in [1.165, 1.54) is 11.8 Å². The fourth-order valence-corrected chi connectivity index (χ4v) is 3.57. The summed E-state index contributed by atoms with van der Waals surface area (Å²) in [6.07, 6.45) is -0.840. The Kier molecular flexibility index (Phi) is 3.80. The Morgan fingerprint density at radius 3 is 2.79 bits per heavy atom. The average Bonchev–Trinajstić information content (AvgIpc) is 3.14. The summed E-state index contributed by atoms with van der Waals surface area (Å²) in [6.45, 7) is 1.94. The monoisotopic (exact) mass is 414 g/mol. The van der Waals surface area contributed by atoms with Gasteiger partial charge in [-0.05, 0) is 42.5 Å². The number of halogens is 3. The zero-order valence-electron chi connectivity index (χ0n) is 12.2. The normalized spacial score (nSPS) is 17.4. The van der Waals surface area contributed by atoms with Gasteiger partial charge in [0.2, 0.25) is 17.8 Å². The summed E-state index contributed by atoms with van der Waals surface area (Å²) in [4.78, 5) is 0.787. The largest absolute Gasteiger partial charge is 0.454 e. The molecule has 10 heteroatoms. The molecule has 0 aliphatic carbocycles. The van der Waals surface area contributed by atoms with Crippen LogP contribution in [0.15, 0.2) is 31.8 Å². The third kappa shape index (κ3) is 2.59. The maximum atomic E-state index is 12.9. The number of hydrogen-bond donors (Lipinski definition) is 0. The van der Waals surface area contributed by atoms with Gasteiger partial charge in [-0.1, -0.05) is 15.9 Å². The molecule has 0 radical (unpaired) electrons. The summed E-state index contributed by atoms with van der Waals surface area (Å²) < 4.78 is 38.4. The van der Waals surface area contributed by atoms with Crippen LogP contribution in [0.1, 0.15) is 24.7 Å². The van der Waals surface area contributed by atoms with Crippen LogP contribution in [-0.2, 0) is 0 Å². The Labute approximate surface area is 147 Å². The van der Waals surface area contributed by atoms with Crippen molar-refractivity contribution < 1.29 is 18.3 Å². The number of fused-ring (bicyclic) bond motifs is 2. The lowest BCUT2D eigenvalue weighted by Gasteiger charge is -2.14. The summed E-state index contributed by atoms with van der Waals surface area (Å²) >= 11 is 4.72. The molecule has 2 aliphatic rings.